The van der Waals surface area contributed by atoms with E-state index in [0.717, 1.165) is 45.9 Å². The van der Waals surface area contributed by atoms with Gasteiger partial charge < -0.3 is 14.8 Å². The van der Waals surface area contributed by atoms with Crippen molar-refractivity contribution in [1.29, 1.82) is 0 Å². The van der Waals surface area contributed by atoms with E-state index < -0.39 is 0 Å². The maximum absolute atomic E-state index is 5.57. The molecule has 0 bridgehead atoms. The number of nitrogens with one attached hydrogen (secondary N) is 1. The summed E-state index contributed by atoms with van der Waals surface area (Å²) in [4.78, 5) is 2.59. The monoisotopic (exact) mass is 198 g/mol. The zero-order chi connectivity index (χ0) is 9.38. The quantitative estimate of drug-likeness (QED) is 0.566. The number of rotatable bonds is 0. The van der Waals surface area contributed by atoms with Crippen molar-refractivity contribution in [2.24, 2.45) is 0 Å². The lowest BCUT2D eigenvalue weighted by atomic mass is 9.95. The molecule has 3 fully saturated rings. The average Bonchev–Trinajstić information content (AvgIpc) is 2.29. The SMILES string of the molecule is C1CN2C(CNC3CCOCC32)CO1. The topological polar surface area (TPSA) is 33.7 Å². The zero-order valence-corrected chi connectivity index (χ0v) is 8.45. The minimum Gasteiger partial charge on any atom is -0.380 e. The van der Waals surface area contributed by atoms with Crippen LogP contribution < -0.4 is 5.32 Å². The van der Waals surface area contributed by atoms with Crippen LogP contribution in [0.5, 0.6) is 0 Å². The van der Waals surface area contributed by atoms with Gasteiger partial charge in [-0.1, -0.05) is 0 Å². The van der Waals surface area contributed by atoms with Gasteiger partial charge in [-0.2, -0.15) is 0 Å². The Morgan fingerprint density at radius 3 is 3.07 bits per heavy atom. The number of hydrogen-bond donors (Lipinski definition) is 1. The zero-order valence-electron chi connectivity index (χ0n) is 8.45. The molecule has 3 aliphatic rings. The van der Waals surface area contributed by atoms with Gasteiger partial charge in [-0.25, -0.2) is 0 Å². The molecule has 0 radical (unpaired) electrons. The van der Waals surface area contributed by atoms with Crippen molar-refractivity contribution in [1.82, 2.24) is 10.2 Å². The highest BCUT2D eigenvalue weighted by atomic mass is 16.5. The van der Waals surface area contributed by atoms with Gasteiger partial charge >= 0.3 is 0 Å². The molecule has 4 nitrogen and oxygen atoms in total. The van der Waals surface area contributed by atoms with Crippen molar-refractivity contribution >= 4 is 0 Å². The van der Waals surface area contributed by atoms with Gasteiger partial charge in [0.2, 0.25) is 0 Å². The Labute approximate surface area is 84.5 Å². The molecule has 4 heteroatoms. The first-order chi connectivity index (χ1) is 6.95. The van der Waals surface area contributed by atoms with Crippen LogP contribution in [0.2, 0.25) is 0 Å². The van der Waals surface area contributed by atoms with E-state index in [1.807, 2.05) is 0 Å². The molecule has 0 amide bonds. The van der Waals surface area contributed by atoms with Crippen molar-refractivity contribution in [2.45, 2.75) is 24.5 Å². The summed E-state index contributed by atoms with van der Waals surface area (Å²) in [6.07, 6.45) is 1.16. The minimum atomic E-state index is 0.576. The smallest absolute Gasteiger partial charge is 0.0637 e. The second-order valence-electron chi connectivity index (χ2n) is 4.41. The van der Waals surface area contributed by atoms with Gasteiger partial charge in [-0.05, 0) is 6.42 Å². The summed E-state index contributed by atoms with van der Waals surface area (Å²) in [5.74, 6) is 0. The van der Waals surface area contributed by atoms with Crippen LogP contribution in [0.15, 0.2) is 0 Å². The van der Waals surface area contributed by atoms with Crippen LogP contribution in [0, 0.1) is 0 Å². The van der Waals surface area contributed by atoms with Gasteiger partial charge in [0.1, 0.15) is 0 Å². The van der Waals surface area contributed by atoms with E-state index in [4.69, 9.17) is 9.47 Å². The normalized spacial score (nSPS) is 44.1. The lowest BCUT2D eigenvalue weighted by Gasteiger charge is -2.50. The highest BCUT2D eigenvalue weighted by Gasteiger charge is 2.39. The lowest BCUT2D eigenvalue weighted by molar-refractivity contribution is -0.0950. The van der Waals surface area contributed by atoms with Crippen molar-refractivity contribution < 1.29 is 9.47 Å². The Kier molecular flexibility index (Phi) is 2.45. The molecule has 80 valence electrons. The molecule has 1 N–H and O–H groups in total. The molecule has 0 saturated carbocycles. The van der Waals surface area contributed by atoms with E-state index in [9.17, 15) is 0 Å². The lowest BCUT2D eigenvalue weighted by Crippen LogP contribution is -2.68. The molecule has 3 heterocycles. The molecule has 3 saturated heterocycles. The van der Waals surface area contributed by atoms with Crippen LogP contribution in [0.1, 0.15) is 6.42 Å². The van der Waals surface area contributed by atoms with Crippen LogP contribution in [0.25, 0.3) is 0 Å². The highest BCUT2D eigenvalue weighted by Crippen LogP contribution is 2.22. The Balaban J connectivity index is 1.74. The highest BCUT2D eigenvalue weighted by molar-refractivity contribution is 4.97. The average molecular weight is 198 g/mol. The minimum absolute atomic E-state index is 0.576. The van der Waals surface area contributed by atoms with Crippen LogP contribution in [0.4, 0.5) is 0 Å². The first-order valence-electron chi connectivity index (χ1n) is 5.60. The molecule has 3 unspecified atom stereocenters. The molecular weight excluding hydrogens is 180 g/mol. The Morgan fingerprint density at radius 2 is 2.07 bits per heavy atom. The third kappa shape index (κ3) is 1.46. The standard InChI is InChI=1S/C10H18N2O2/c1-3-13-7-10-9(1)11-5-8-6-14-4-2-12(8)10/h8-11H,1-7H2. The predicted molar refractivity (Wildman–Crippen MR) is 52.3 cm³/mol. The van der Waals surface area contributed by atoms with Crippen molar-refractivity contribution in [3.05, 3.63) is 0 Å². The number of fused-ring (bicyclic) bond motifs is 3. The Morgan fingerprint density at radius 1 is 1.14 bits per heavy atom. The van der Waals surface area contributed by atoms with Gasteiger partial charge in [0.05, 0.1) is 19.8 Å². The van der Waals surface area contributed by atoms with Gasteiger partial charge in [0, 0.05) is 37.8 Å². The first kappa shape index (κ1) is 9.09. The summed E-state index contributed by atoms with van der Waals surface area (Å²) in [5.41, 5.74) is 0. The van der Waals surface area contributed by atoms with Gasteiger partial charge in [-0.15, -0.1) is 0 Å². The third-order valence-corrected chi connectivity index (χ3v) is 3.64. The van der Waals surface area contributed by atoms with Gasteiger partial charge in [0.15, 0.2) is 0 Å². The molecule has 3 rings (SSSR count). The molecule has 3 aliphatic heterocycles. The van der Waals surface area contributed by atoms with Gasteiger partial charge in [0.25, 0.3) is 0 Å². The second kappa shape index (κ2) is 3.77. The third-order valence-electron chi connectivity index (χ3n) is 3.64. The van der Waals surface area contributed by atoms with Crippen molar-refractivity contribution in [3.8, 4) is 0 Å². The number of piperazine rings is 1. The number of nitrogens with zero attached hydrogens (tertiary/aromatic N) is 1. The van der Waals surface area contributed by atoms with Crippen molar-refractivity contribution in [3.63, 3.8) is 0 Å². The summed E-state index contributed by atoms with van der Waals surface area (Å²) in [7, 11) is 0. The predicted octanol–water partition coefficient (Wildman–Crippen LogP) is -0.552. The molecule has 0 spiro atoms. The molecule has 0 aromatic heterocycles. The summed E-state index contributed by atoms with van der Waals surface area (Å²) >= 11 is 0. The fraction of sp³-hybridized carbons (Fsp3) is 1.00. The first-order valence-corrected chi connectivity index (χ1v) is 5.60. The number of hydrogen-bond acceptors (Lipinski definition) is 4. The number of ether oxygens (including phenoxy) is 2. The van der Waals surface area contributed by atoms with Gasteiger partial charge in [-0.3, -0.25) is 4.90 Å². The maximum atomic E-state index is 5.57. The van der Waals surface area contributed by atoms with E-state index in [2.05, 4.69) is 10.2 Å². The van der Waals surface area contributed by atoms with E-state index in [-0.39, 0.29) is 0 Å². The Hall–Kier alpha value is -0.160. The van der Waals surface area contributed by atoms with Crippen LogP contribution in [-0.2, 0) is 9.47 Å². The van der Waals surface area contributed by atoms with E-state index in [1.54, 1.807) is 0 Å². The van der Waals surface area contributed by atoms with Crippen LogP contribution >= 0.6 is 0 Å². The van der Waals surface area contributed by atoms with E-state index >= 15 is 0 Å². The van der Waals surface area contributed by atoms with Crippen LogP contribution in [0.3, 0.4) is 0 Å². The molecule has 0 aliphatic carbocycles. The molecule has 3 atom stereocenters. The number of morpholine rings is 1. The van der Waals surface area contributed by atoms with Crippen LogP contribution in [-0.4, -0.2) is 62.5 Å². The molecule has 0 aromatic rings. The largest absolute Gasteiger partial charge is 0.380 e. The molecular formula is C10H18N2O2. The Bertz CT molecular complexity index is 190. The van der Waals surface area contributed by atoms with E-state index in [0.29, 0.717) is 18.1 Å². The fourth-order valence-corrected chi connectivity index (χ4v) is 2.86. The second-order valence-corrected chi connectivity index (χ2v) is 4.41. The molecule has 14 heavy (non-hydrogen) atoms. The summed E-state index contributed by atoms with van der Waals surface area (Å²) in [6.45, 7) is 5.76. The molecule has 0 aromatic carbocycles. The summed E-state index contributed by atoms with van der Waals surface area (Å²) in [5, 5.41) is 3.62. The van der Waals surface area contributed by atoms with Crippen molar-refractivity contribution in [2.75, 3.05) is 39.5 Å². The van der Waals surface area contributed by atoms with E-state index in [1.165, 1.54) is 0 Å². The summed E-state index contributed by atoms with van der Waals surface area (Å²) < 4.78 is 11.1. The fourth-order valence-electron chi connectivity index (χ4n) is 2.86. The summed E-state index contributed by atoms with van der Waals surface area (Å²) in [6, 6.07) is 1.82. The maximum Gasteiger partial charge on any atom is 0.0637 e.